The Morgan fingerprint density at radius 1 is 1.07 bits per heavy atom. The largest absolute Gasteiger partial charge is 0.441 e. The van der Waals surface area contributed by atoms with Gasteiger partial charge in [0.15, 0.2) is 0 Å². The molecule has 0 aliphatic rings. The summed E-state index contributed by atoms with van der Waals surface area (Å²) in [5.74, 6) is 0.536. The highest BCUT2D eigenvalue weighted by Crippen LogP contribution is 2.22. The van der Waals surface area contributed by atoms with Crippen molar-refractivity contribution in [3.05, 3.63) is 71.4 Å². The van der Waals surface area contributed by atoms with E-state index in [2.05, 4.69) is 15.3 Å². The van der Waals surface area contributed by atoms with Gasteiger partial charge in [-0.2, -0.15) is 0 Å². The van der Waals surface area contributed by atoms with Gasteiger partial charge in [0.1, 0.15) is 11.5 Å². The maximum Gasteiger partial charge on any atom is 0.227 e. The highest BCUT2D eigenvalue weighted by Gasteiger charge is 2.17. The van der Waals surface area contributed by atoms with Crippen LogP contribution in [-0.4, -0.2) is 21.7 Å². The Morgan fingerprint density at radius 3 is 2.56 bits per heavy atom. The van der Waals surface area contributed by atoms with Crippen LogP contribution in [0, 0.1) is 13.8 Å². The summed E-state index contributed by atoms with van der Waals surface area (Å²) in [7, 11) is 0. The second-order valence-electron chi connectivity index (χ2n) is 6.38. The van der Waals surface area contributed by atoms with Gasteiger partial charge in [0.25, 0.3) is 0 Å². The fourth-order valence-electron chi connectivity index (χ4n) is 2.59. The summed E-state index contributed by atoms with van der Waals surface area (Å²) >= 11 is 0. The molecule has 27 heavy (non-hydrogen) atoms. The van der Waals surface area contributed by atoms with Gasteiger partial charge in [-0.25, -0.2) is 4.98 Å². The highest BCUT2D eigenvalue weighted by molar-refractivity contribution is 5.98. The number of aromatic nitrogens is 2. The third kappa shape index (κ3) is 5.10. The molecule has 0 aliphatic heterocycles. The van der Waals surface area contributed by atoms with Gasteiger partial charge in [0, 0.05) is 11.8 Å². The fourth-order valence-corrected chi connectivity index (χ4v) is 2.59. The first-order valence-corrected chi connectivity index (χ1v) is 8.73. The molecule has 6 heteroatoms. The first-order chi connectivity index (χ1) is 13.0. The molecule has 0 bridgehead atoms. The summed E-state index contributed by atoms with van der Waals surface area (Å²) in [6, 6.07) is 13.3. The summed E-state index contributed by atoms with van der Waals surface area (Å²) in [6.07, 6.45) is 1.53. The number of aryl methyl sites for hydroxylation is 2. The van der Waals surface area contributed by atoms with Crippen LogP contribution in [0.15, 0.2) is 53.1 Å². The molecule has 6 nitrogen and oxygen atoms in total. The van der Waals surface area contributed by atoms with Gasteiger partial charge < -0.3 is 9.73 Å². The molecule has 3 rings (SSSR count). The summed E-state index contributed by atoms with van der Waals surface area (Å²) in [6.45, 7) is 4.08. The summed E-state index contributed by atoms with van der Waals surface area (Å²) in [4.78, 5) is 32.7. The predicted molar refractivity (Wildman–Crippen MR) is 101 cm³/mol. The molecule has 138 valence electrons. The number of nitrogens with one attached hydrogen (secondary N) is 1. The van der Waals surface area contributed by atoms with Crippen molar-refractivity contribution in [2.45, 2.75) is 33.2 Å². The number of pyridine rings is 1. The lowest BCUT2D eigenvalue weighted by atomic mass is 10.1. The van der Waals surface area contributed by atoms with E-state index >= 15 is 0 Å². The Hall–Kier alpha value is -3.28. The Morgan fingerprint density at radius 2 is 1.85 bits per heavy atom. The van der Waals surface area contributed by atoms with Crippen molar-refractivity contribution in [2.24, 2.45) is 0 Å². The van der Waals surface area contributed by atoms with E-state index in [0.717, 1.165) is 16.8 Å². The molecule has 0 atom stereocenters. The van der Waals surface area contributed by atoms with Crippen molar-refractivity contribution >= 4 is 11.7 Å². The van der Waals surface area contributed by atoms with Crippen LogP contribution in [0.4, 0.5) is 0 Å². The number of Topliss-reactive ketones (excluding diaryl/α,β-unsaturated/α-hetero) is 1. The van der Waals surface area contributed by atoms with Crippen LogP contribution in [0.3, 0.4) is 0 Å². The summed E-state index contributed by atoms with van der Waals surface area (Å²) < 4.78 is 5.68. The predicted octanol–water partition coefficient (Wildman–Crippen LogP) is 3.17. The Kier molecular flexibility index (Phi) is 5.76. The van der Waals surface area contributed by atoms with E-state index in [1.54, 1.807) is 19.2 Å². The molecular weight excluding hydrogens is 342 g/mol. The lowest BCUT2D eigenvalue weighted by molar-refractivity contribution is -0.128. The Balaban J connectivity index is 1.56. The number of carbonyl (C=O) groups is 2. The van der Waals surface area contributed by atoms with Crippen LogP contribution in [0.2, 0.25) is 0 Å². The van der Waals surface area contributed by atoms with Crippen molar-refractivity contribution in [1.29, 1.82) is 0 Å². The van der Waals surface area contributed by atoms with Crippen molar-refractivity contribution in [2.75, 3.05) is 0 Å². The first-order valence-electron chi connectivity index (χ1n) is 8.73. The number of nitrogens with zero attached hydrogens (tertiary/aromatic N) is 2. The van der Waals surface area contributed by atoms with E-state index in [-0.39, 0.29) is 24.5 Å². The van der Waals surface area contributed by atoms with Gasteiger partial charge in [-0.15, -0.1) is 0 Å². The second kappa shape index (κ2) is 8.40. The van der Waals surface area contributed by atoms with E-state index in [1.807, 2.05) is 43.3 Å². The molecule has 2 aromatic heterocycles. The van der Waals surface area contributed by atoms with E-state index in [4.69, 9.17) is 4.42 Å². The Bertz CT molecular complexity index is 931. The van der Waals surface area contributed by atoms with Gasteiger partial charge in [-0.1, -0.05) is 23.8 Å². The molecule has 0 spiro atoms. The molecule has 1 amide bonds. The number of oxazole rings is 1. The molecule has 0 radical (unpaired) electrons. The van der Waals surface area contributed by atoms with Gasteiger partial charge in [0.2, 0.25) is 11.8 Å². The molecule has 3 aromatic rings. The molecule has 0 aliphatic carbocycles. The standard InChI is InChI=1S/C21H21N3O3/c1-14-6-8-16(9-7-14)21-24-19(15(2)27-21)11-18(25)12-20(26)23-13-17-5-3-4-10-22-17/h3-10H,11-13H2,1-2H3,(H,23,26). The monoisotopic (exact) mass is 363 g/mol. The van der Waals surface area contributed by atoms with Crippen molar-refractivity contribution < 1.29 is 14.0 Å². The van der Waals surface area contributed by atoms with E-state index in [0.29, 0.717) is 23.9 Å². The maximum absolute atomic E-state index is 12.2. The normalized spacial score (nSPS) is 10.6. The third-order valence-corrected chi connectivity index (χ3v) is 4.11. The van der Waals surface area contributed by atoms with Crippen LogP contribution >= 0.6 is 0 Å². The zero-order valence-corrected chi connectivity index (χ0v) is 15.4. The van der Waals surface area contributed by atoms with E-state index in [9.17, 15) is 9.59 Å². The smallest absolute Gasteiger partial charge is 0.227 e. The number of hydrogen-bond acceptors (Lipinski definition) is 5. The minimum atomic E-state index is -0.328. The lowest BCUT2D eigenvalue weighted by Crippen LogP contribution is -2.26. The van der Waals surface area contributed by atoms with Crippen LogP contribution in [0.5, 0.6) is 0 Å². The number of carbonyl (C=O) groups excluding carboxylic acids is 2. The van der Waals surface area contributed by atoms with Crippen molar-refractivity contribution in [3.63, 3.8) is 0 Å². The average molecular weight is 363 g/mol. The van der Waals surface area contributed by atoms with Gasteiger partial charge in [0.05, 0.1) is 30.8 Å². The molecule has 1 N–H and O–H groups in total. The number of hydrogen-bond donors (Lipinski definition) is 1. The van der Waals surface area contributed by atoms with E-state index in [1.165, 1.54) is 0 Å². The molecule has 0 saturated heterocycles. The number of amides is 1. The fraction of sp³-hybridized carbons (Fsp3) is 0.238. The van der Waals surface area contributed by atoms with Crippen LogP contribution in [0.1, 0.15) is 29.1 Å². The number of benzene rings is 1. The van der Waals surface area contributed by atoms with E-state index < -0.39 is 0 Å². The molecule has 0 fully saturated rings. The van der Waals surface area contributed by atoms with Crippen LogP contribution in [-0.2, 0) is 22.6 Å². The zero-order chi connectivity index (χ0) is 19.2. The minimum Gasteiger partial charge on any atom is -0.441 e. The van der Waals surface area contributed by atoms with Crippen molar-refractivity contribution in [3.8, 4) is 11.5 Å². The van der Waals surface area contributed by atoms with Crippen LogP contribution in [0.25, 0.3) is 11.5 Å². The SMILES string of the molecule is Cc1ccc(-c2nc(CC(=O)CC(=O)NCc3ccccn3)c(C)o2)cc1. The minimum absolute atomic E-state index is 0.0677. The third-order valence-electron chi connectivity index (χ3n) is 4.11. The topological polar surface area (TPSA) is 85.1 Å². The highest BCUT2D eigenvalue weighted by atomic mass is 16.4. The molecule has 1 aromatic carbocycles. The Labute approximate surface area is 157 Å². The number of rotatable bonds is 7. The molecule has 0 saturated carbocycles. The molecule has 2 heterocycles. The van der Waals surface area contributed by atoms with Crippen LogP contribution < -0.4 is 5.32 Å². The van der Waals surface area contributed by atoms with Crippen molar-refractivity contribution in [1.82, 2.24) is 15.3 Å². The summed E-state index contributed by atoms with van der Waals surface area (Å²) in [5.41, 5.74) is 3.31. The number of ketones is 1. The summed E-state index contributed by atoms with van der Waals surface area (Å²) in [5, 5.41) is 2.70. The van der Waals surface area contributed by atoms with Gasteiger partial charge in [-0.3, -0.25) is 14.6 Å². The lowest BCUT2D eigenvalue weighted by Gasteiger charge is -2.04. The average Bonchev–Trinajstić information content (AvgIpc) is 3.02. The quantitative estimate of drug-likeness (QED) is 0.652. The zero-order valence-electron chi connectivity index (χ0n) is 15.4. The first kappa shape index (κ1) is 18.5. The molecular formula is C21H21N3O3. The molecule has 0 unspecified atom stereocenters. The second-order valence-corrected chi connectivity index (χ2v) is 6.38. The van der Waals surface area contributed by atoms with Gasteiger partial charge >= 0.3 is 0 Å². The van der Waals surface area contributed by atoms with Gasteiger partial charge in [-0.05, 0) is 38.1 Å². The maximum atomic E-state index is 12.2.